The fourth-order valence-electron chi connectivity index (χ4n) is 2.53. The van der Waals surface area contributed by atoms with Crippen molar-refractivity contribution in [1.29, 1.82) is 0 Å². The van der Waals surface area contributed by atoms with Crippen molar-refractivity contribution in [1.82, 2.24) is 10.2 Å². The first kappa shape index (κ1) is 23.9. The van der Waals surface area contributed by atoms with Gasteiger partial charge in [-0.3, -0.25) is 4.99 Å². The molecule has 0 amide bonds. The molecule has 0 bridgehead atoms. The SMILES string of the molecule is CN=C(NCCCS(=O)(=O)c1ccccc1)N(C)Cc1ccc(Br)cc1.I. The fraction of sp³-hybridized carbons (Fsp3) is 0.316. The molecular weight excluding hydrogens is 541 g/mol. The van der Waals surface area contributed by atoms with Gasteiger partial charge >= 0.3 is 0 Å². The molecule has 0 aliphatic carbocycles. The lowest BCUT2D eigenvalue weighted by atomic mass is 10.2. The number of hydrogen-bond donors (Lipinski definition) is 1. The molecule has 2 aromatic rings. The van der Waals surface area contributed by atoms with Gasteiger partial charge in [0.05, 0.1) is 10.6 Å². The molecule has 0 aromatic heterocycles. The highest BCUT2D eigenvalue weighted by Gasteiger charge is 2.13. The van der Waals surface area contributed by atoms with E-state index in [0.717, 1.165) is 17.0 Å². The van der Waals surface area contributed by atoms with E-state index in [1.807, 2.05) is 30.1 Å². The first-order chi connectivity index (χ1) is 12.4. The molecule has 0 aliphatic heterocycles. The number of guanidine groups is 1. The van der Waals surface area contributed by atoms with Crippen LogP contribution in [0.5, 0.6) is 0 Å². The summed E-state index contributed by atoms with van der Waals surface area (Å²) in [6.07, 6.45) is 0.516. The Balaban J connectivity index is 0.00000364. The van der Waals surface area contributed by atoms with Crippen molar-refractivity contribution in [3.63, 3.8) is 0 Å². The highest BCUT2D eigenvalue weighted by atomic mass is 127. The van der Waals surface area contributed by atoms with E-state index >= 15 is 0 Å². The van der Waals surface area contributed by atoms with Crippen molar-refractivity contribution < 1.29 is 8.42 Å². The molecule has 2 aromatic carbocycles. The second kappa shape index (κ2) is 11.7. The fourth-order valence-corrected chi connectivity index (χ4v) is 4.13. The van der Waals surface area contributed by atoms with Crippen molar-refractivity contribution in [3.8, 4) is 0 Å². The minimum atomic E-state index is -3.24. The molecule has 2 rings (SSSR count). The van der Waals surface area contributed by atoms with Crippen LogP contribution in [-0.4, -0.2) is 45.7 Å². The van der Waals surface area contributed by atoms with Crippen LogP contribution in [0.4, 0.5) is 0 Å². The maximum absolute atomic E-state index is 12.3. The quantitative estimate of drug-likeness (QED) is 0.239. The molecule has 0 unspecified atom stereocenters. The summed E-state index contributed by atoms with van der Waals surface area (Å²) in [6, 6.07) is 16.7. The largest absolute Gasteiger partial charge is 0.356 e. The first-order valence-corrected chi connectivity index (χ1v) is 10.8. The van der Waals surface area contributed by atoms with Gasteiger partial charge in [-0.1, -0.05) is 46.3 Å². The van der Waals surface area contributed by atoms with Gasteiger partial charge in [-0.2, -0.15) is 0 Å². The number of hydrogen-bond acceptors (Lipinski definition) is 3. The molecule has 0 aliphatic rings. The number of rotatable bonds is 7. The van der Waals surface area contributed by atoms with Gasteiger partial charge in [0.1, 0.15) is 0 Å². The van der Waals surface area contributed by atoms with Crippen molar-refractivity contribution in [2.75, 3.05) is 26.4 Å². The Morgan fingerprint density at radius 1 is 1.11 bits per heavy atom. The second-order valence-electron chi connectivity index (χ2n) is 5.94. The maximum Gasteiger partial charge on any atom is 0.193 e. The number of sulfone groups is 1. The zero-order valence-electron chi connectivity index (χ0n) is 15.4. The van der Waals surface area contributed by atoms with Crippen LogP contribution in [0.15, 0.2) is 69.0 Å². The molecule has 0 spiro atoms. The Morgan fingerprint density at radius 2 is 1.74 bits per heavy atom. The van der Waals surface area contributed by atoms with Gasteiger partial charge in [-0.05, 0) is 36.2 Å². The molecule has 0 fully saturated rings. The lowest BCUT2D eigenvalue weighted by Gasteiger charge is -2.22. The predicted molar refractivity (Wildman–Crippen MR) is 125 cm³/mol. The minimum absolute atomic E-state index is 0. The van der Waals surface area contributed by atoms with E-state index < -0.39 is 9.84 Å². The third kappa shape index (κ3) is 7.79. The summed E-state index contributed by atoms with van der Waals surface area (Å²) >= 11 is 3.43. The van der Waals surface area contributed by atoms with Gasteiger partial charge in [-0.25, -0.2) is 8.42 Å². The Morgan fingerprint density at radius 3 is 2.33 bits per heavy atom. The predicted octanol–water partition coefficient (Wildman–Crippen LogP) is 3.94. The number of aliphatic imine (C=N–C) groups is 1. The molecule has 0 heterocycles. The third-order valence-electron chi connectivity index (χ3n) is 3.88. The number of benzene rings is 2. The summed E-state index contributed by atoms with van der Waals surface area (Å²) in [5.74, 6) is 0.849. The van der Waals surface area contributed by atoms with Crippen LogP contribution in [0.2, 0.25) is 0 Å². The summed E-state index contributed by atoms with van der Waals surface area (Å²) in [5.41, 5.74) is 1.17. The molecular formula is C19H25BrIN3O2S. The van der Waals surface area contributed by atoms with Crippen LogP contribution >= 0.6 is 39.9 Å². The number of halogens is 2. The summed E-state index contributed by atoms with van der Waals surface area (Å²) in [7, 11) is 0.444. The topological polar surface area (TPSA) is 61.8 Å². The lowest BCUT2D eigenvalue weighted by Crippen LogP contribution is -2.39. The highest BCUT2D eigenvalue weighted by Crippen LogP contribution is 2.12. The van der Waals surface area contributed by atoms with Crippen molar-refractivity contribution >= 4 is 55.7 Å². The zero-order chi connectivity index (χ0) is 19.0. The molecule has 27 heavy (non-hydrogen) atoms. The van der Waals surface area contributed by atoms with Gasteiger partial charge in [0.25, 0.3) is 0 Å². The molecule has 148 valence electrons. The smallest absolute Gasteiger partial charge is 0.193 e. The van der Waals surface area contributed by atoms with Crippen LogP contribution in [0.1, 0.15) is 12.0 Å². The van der Waals surface area contributed by atoms with E-state index in [4.69, 9.17) is 0 Å². The highest BCUT2D eigenvalue weighted by molar-refractivity contribution is 14.0. The van der Waals surface area contributed by atoms with E-state index in [9.17, 15) is 8.42 Å². The van der Waals surface area contributed by atoms with Crippen molar-refractivity contribution in [2.24, 2.45) is 4.99 Å². The molecule has 5 nitrogen and oxygen atoms in total. The minimum Gasteiger partial charge on any atom is -0.356 e. The second-order valence-corrected chi connectivity index (χ2v) is 8.97. The normalized spacial score (nSPS) is 11.6. The molecule has 0 radical (unpaired) electrons. The summed E-state index contributed by atoms with van der Waals surface area (Å²) in [6.45, 7) is 1.26. The van der Waals surface area contributed by atoms with E-state index in [2.05, 4.69) is 38.4 Å². The first-order valence-electron chi connectivity index (χ1n) is 8.36. The Kier molecular flexibility index (Phi) is 10.3. The zero-order valence-corrected chi connectivity index (χ0v) is 20.2. The van der Waals surface area contributed by atoms with Crippen LogP contribution in [0.25, 0.3) is 0 Å². The maximum atomic E-state index is 12.3. The molecule has 8 heteroatoms. The average Bonchev–Trinajstić information content (AvgIpc) is 2.64. The molecule has 0 saturated heterocycles. The Bertz CT molecular complexity index is 828. The standard InChI is InChI=1S/C19H24BrN3O2S.HI/c1-21-19(23(2)15-16-9-11-17(20)12-10-16)22-13-6-14-26(24,25)18-7-4-3-5-8-18;/h3-5,7-12H,6,13-15H2,1-2H3,(H,21,22);1H. The van der Waals surface area contributed by atoms with Crippen molar-refractivity contribution in [3.05, 3.63) is 64.6 Å². The van der Waals surface area contributed by atoms with Crippen LogP contribution in [0, 0.1) is 0 Å². The Hall–Kier alpha value is -1.13. The van der Waals surface area contributed by atoms with Gasteiger partial charge in [0.15, 0.2) is 15.8 Å². The van der Waals surface area contributed by atoms with Crippen molar-refractivity contribution in [2.45, 2.75) is 17.9 Å². The monoisotopic (exact) mass is 565 g/mol. The number of nitrogens with one attached hydrogen (secondary N) is 1. The summed E-state index contributed by atoms with van der Waals surface area (Å²) < 4.78 is 25.6. The van der Waals surface area contributed by atoms with E-state index in [1.54, 1.807) is 31.3 Å². The summed E-state index contributed by atoms with van der Waals surface area (Å²) in [5, 5.41) is 3.23. The number of nitrogens with zero attached hydrogens (tertiary/aromatic N) is 2. The Labute approximate surface area is 187 Å². The van der Waals surface area contributed by atoms with E-state index in [0.29, 0.717) is 17.9 Å². The van der Waals surface area contributed by atoms with Crippen LogP contribution in [-0.2, 0) is 16.4 Å². The van der Waals surface area contributed by atoms with Gasteiger partial charge in [0.2, 0.25) is 0 Å². The summed E-state index contributed by atoms with van der Waals surface area (Å²) in [4.78, 5) is 6.65. The lowest BCUT2D eigenvalue weighted by molar-refractivity contribution is 0.476. The van der Waals surface area contributed by atoms with Crippen LogP contribution < -0.4 is 5.32 Å². The van der Waals surface area contributed by atoms with Gasteiger partial charge in [0, 0.05) is 31.7 Å². The van der Waals surface area contributed by atoms with Crippen LogP contribution in [0.3, 0.4) is 0 Å². The van der Waals surface area contributed by atoms with E-state index in [-0.39, 0.29) is 29.7 Å². The van der Waals surface area contributed by atoms with E-state index in [1.165, 1.54) is 5.56 Å². The molecule has 1 N–H and O–H groups in total. The molecule has 0 atom stereocenters. The van der Waals surface area contributed by atoms with Gasteiger partial charge in [-0.15, -0.1) is 24.0 Å². The van der Waals surface area contributed by atoms with Gasteiger partial charge < -0.3 is 10.2 Å². The average molecular weight is 566 g/mol. The molecule has 0 saturated carbocycles. The third-order valence-corrected chi connectivity index (χ3v) is 6.23.